The van der Waals surface area contributed by atoms with Gasteiger partial charge in [-0.2, -0.15) is 0 Å². The summed E-state index contributed by atoms with van der Waals surface area (Å²) in [6.45, 7) is 8.81. The minimum absolute atomic E-state index is 0.145. The number of halogens is 2. The monoisotopic (exact) mass is 764 g/mol. The summed E-state index contributed by atoms with van der Waals surface area (Å²) in [5, 5.41) is 7.90. The van der Waals surface area contributed by atoms with E-state index in [2.05, 4.69) is 183 Å². The third kappa shape index (κ3) is 5.68. The topological polar surface area (TPSA) is 9.86 Å². The molecule has 0 saturated heterocycles. The van der Waals surface area contributed by atoms with Gasteiger partial charge in [-0.25, -0.2) is 0 Å². The predicted octanol–water partition coefficient (Wildman–Crippen LogP) is 11.9. The molecule has 0 atom stereocenters. The van der Waals surface area contributed by atoms with E-state index in [-0.39, 0.29) is 18.5 Å². The van der Waals surface area contributed by atoms with Crippen molar-refractivity contribution in [2.75, 3.05) is 0 Å². The number of hydrogen-bond donors (Lipinski definition) is 0. The molecule has 0 saturated carbocycles. The Balaban J connectivity index is 0.000000141. The van der Waals surface area contributed by atoms with Crippen molar-refractivity contribution in [2.24, 2.45) is 0 Å². The molecule has 0 amide bonds. The summed E-state index contributed by atoms with van der Waals surface area (Å²) in [5.41, 5.74) is 10.5. The summed E-state index contributed by atoms with van der Waals surface area (Å²) < 4.78 is 4.73. The molecule has 0 bridgehead atoms. The van der Waals surface area contributed by atoms with Crippen LogP contribution in [0.1, 0.15) is 22.5 Å². The van der Waals surface area contributed by atoms with E-state index in [1.54, 1.807) is 0 Å². The number of rotatable bonds is 2. The van der Waals surface area contributed by atoms with Gasteiger partial charge in [0, 0.05) is 22.2 Å². The molecule has 0 aliphatic carbocycles. The Hall–Kier alpha value is -2.98. The molecule has 0 aliphatic heterocycles. The molecule has 212 valence electrons. The zero-order valence-corrected chi connectivity index (χ0v) is 30.3. The molecule has 0 aliphatic rings. The van der Waals surface area contributed by atoms with Crippen LogP contribution in [0, 0.1) is 27.7 Å². The Labute approximate surface area is 276 Å². The Morgan fingerprint density at radius 3 is 1.26 bits per heavy atom. The van der Waals surface area contributed by atoms with E-state index in [4.69, 9.17) is 0 Å². The molecule has 5 heteroatoms. The normalized spacial score (nSPS) is 10.9. The molecular weight excluding hydrogens is 735 g/mol. The van der Waals surface area contributed by atoms with Gasteiger partial charge in [-0.1, -0.05) is 48.5 Å². The van der Waals surface area contributed by atoms with Crippen molar-refractivity contribution in [3.63, 3.8) is 0 Å². The van der Waals surface area contributed by atoms with E-state index in [0.717, 1.165) is 0 Å². The van der Waals surface area contributed by atoms with E-state index in [1.165, 1.54) is 77.2 Å². The first-order chi connectivity index (χ1) is 20.9. The number of benzene rings is 4. The third-order valence-corrected chi connectivity index (χ3v) is 8.58. The first-order valence-electron chi connectivity index (χ1n) is 14.3. The molecule has 43 heavy (non-hydrogen) atoms. The fourth-order valence-electron chi connectivity index (χ4n) is 6.25. The summed E-state index contributed by atoms with van der Waals surface area (Å²) in [7, 11) is 0. The molecule has 0 spiro atoms. The third-order valence-electron chi connectivity index (χ3n) is 8.58. The van der Waals surface area contributed by atoms with Gasteiger partial charge in [0.05, 0.1) is 11.0 Å². The van der Waals surface area contributed by atoms with E-state index in [0.29, 0.717) is 0 Å². The van der Waals surface area contributed by atoms with Gasteiger partial charge in [0.1, 0.15) is 0 Å². The summed E-state index contributed by atoms with van der Waals surface area (Å²) in [4.78, 5) is 0. The summed E-state index contributed by atoms with van der Waals surface area (Å²) in [6, 6.07) is 43.4. The second kappa shape index (κ2) is 12.9. The van der Waals surface area contributed by atoms with Crippen molar-refractivity contribution in [2.45, 2.75) is 27.7 Å². The van der Waals surface area contributed by atoms with Gasteiger partial charge in [0.2, 0.25) is 0 Å². The van der Waals surface area contributed by atoms with Crippen molar-refractivity contribution in [1.29, 1.82) is 0 Å². The molecule has 0 N–H and O–H groups in total. The van der Waals surface area contributed by atoms with Crippen LogP contribution in [-0.4, -0.2) is 9.13 Å². The van der Waals surface area contributed by atoms with Crippen LogP contribution >= 0.6 is 24.4 Å². The van der Waals surface area contributed by atoms with Crippen molar-refractivity contribution >= 4 is 67.8 Å². The molecule has 8 rings (SSSR count). The minimum atomic E-state index is -0.145. The molecule has 6 aromatic carbocycles. The van der Waals surface area contributed by atoms with Gasteiger partial charge < -0.3 is 9.13 Å². The average molecular weight is 768 g/mol. The summed E-state index contributed by atoms with van der Waals surface area (Å²) >= 11 is 6.32. The van der Waals surface area contributed by atoms with E-state index >= 15 is 0 Å². The zero-order chi connectivity index (χ0) is 30.1. The van der Waals surface area contributed by atoms with Crippen LogP contribution in [0.2, 0.25) is 0 Å². The van der Waals surface area contributed by atoms with Crippen LogP contribution in [0.4, 0.5) is 0 Å². The molecule has 0 unspecified atom stereocenters. The van der Waals surface area contributed by atoms with Gasteiger partial charge in [0.25, 0.3) is 0 Å². The number of para-hydroxylation sites is 2. The summed E-state index contributed by atoms with van der Waals surface area (Å²) in [5.74, 6) is 0. The predicted molar refractivity (Wildman–Crippen MR) is 190 cm³/mol. The first kappa shape index (κ1) is 30.1. The molecule has 2 aromatic heterocycles. The second-order valence-electron chi connectivity index (χ2n) is 10.9. The Morgan fingerprint density at radius 1 is 0.512 bits per heavy atom. The van der Waals surface area contributed by atoms with Crippen molar-refractivity contribution in [1.82, 2.24) is 9.13 Å². The van der Waals surface area contributed by atoms with Gasteiger partial charge >= 0.3 is 43.0 Å². The molecular formula is C38H32Br2N2Zr. The molecule has 8 aromatic rings. The summed E-state index contributed by atoms with van der Waals surface area (Å²) in [6.07, 6.45) is 0. The number of aryl methyl sites for hydroxylation is 2. The first-order valence-corrected chi connectivity index (χ1v) is 25.6. The fraction of sp³-hybridized carbons (Fsp3) is 0.105. The van der Waals surface area contributed by atoms with Crippen molar-refractivity contribution in [3.05, 3.63) is 144 Å². The Bertz CT molecular complexity index is 1970. The van der Waals surface area contributed by atoms with Crippen LogP contribution < -0.4 is 0 Å². The molecule has 0 fully saturated rings. The van der Waals surface area contributed by atoms with Crippen LogP contribution in [0.3, 0.4) is 0 Å². The van der Waals surface area contributed by atoms with Gasteiger partial charge in [-0.15, -0.1) is 82.2 Å². The average Bonchev–Trinajstić information content (AvgIpc) is 3.76. The molecule has 0 radical (unpaired) electrons. The van der Waals surface area contributed by atoms with Crippen LogP contribution in [0.15, 0.2) is 121 Å². The van der Waals surface area contributed by atoms with Crippen LogP contribution in [-0.2, 0) is 18.5 Å². The van der Waals surface area contributed by atoms with E-state index < -0.39 is 0 Å². The fourth-order valence-corrected chi connectivity index (χ4v) is 6.25. The van der Waals surface area contributed by atoms with Gasteiger partial charge in [-0.05, 0) is 62.3 Å². The maximum atomic E-state index is 3.23. The molecule has 2 heterocycles. The van der Waals surface area contributed by atoms with Crippen LogP contribution in [0.5, 0.6) is 0 Å². The number of aromatic nitrogens is 2. The van der Waals surface area contributed by atoms with Gasteiger partial charge in [0.15, 0.2) is 0 Å². The number of fused-ring (bicyclic) bond motifs is 4. The van der Waals surface area contributed by atoms with E-state index in [9.17, 15) is 0 Å². The quantitative estimate of drug-likeness (QED) is 0.155. The molecule has 2 nitrogen and oxygen atoms in total. The van der Waals surface area contributed by atoms with Crippen molar-refractivity contribution < 1.29 is 18.5 Å². The number of nitrogens with zero attached hydrogens (tertiary/aromatic N) is 2. The van der Waals surface area contributed by atoms with E-state index in [1.807, 2.05) is 0 Å². The van der Waals surface area contributed by atoms with Gasteiger partial charge in [-0.3, -0.25) is 0 Å². The number of hydrogen-bond acceptors (Lipinski definition) is 0. The standard InChI is InChI=1S/2C19H16N.2BrH.Zr/c2*1-13-14(2)20(19-10-6-5-9-18(13)19)17-11-15-7-3-4-8-16(15)12-17;;;/h2*3-12H,1-2H3;2*1H;/q2*-1;;;+4/p-2. The Morgan fingerprint density at radius 2 is 0.860 bits per heavy atom. The van der Waals surface area contributed by atoms with Crippen molar-refractivity contribution in [3.8, 4) is 11.4 Å². The zero-order valence-electron chi connectivity index (χ0n) is 24.7. The SMILES string of the molecule is Cc1c(C)n(-c2cc3ccccc3[cH-]2)c2ccccc12.Cc1c(C)n(-c2cc3ccccc3[cH-]2)c2ccccc12.[Br][Zr+2][Br]. The Kier molecular flexibility index (Phi) is 9.05. The second-order valence-corrected chi connectivity index (χ2v) is 22.2. The maximum absolute atomic E-state index is 3.23. The van der Waals surface area contributed by atoms with Crippen LogP contribution in [0.25, 0.3) is 54.7 Å².